The second-order valence-corrected chi connectivity index (χ2v) is 3.73. The molecule has 0 atom stereocenters. The molecule has 0 radical (unpaired) electrons. The Bertz CT molecular complexity index is 563. The van der Waals surface area contributed by atoms with Crippen molar-refractivity contribution in [2.24, 2.45) is 7.05 Å². The summed E-state index contributed by atoms with van der Waals surface area (Å²) in [4.78, 5) is 10.6. The van der Waals surface area contributed by atoms with Crippen molar-refractivity contribution >= 4 is 5.97 Å². The van der Waals surface area contributed by atoms with E-state index in [-0.39, 0.29) is 12.2 Å². The number of carbonyl (C=O) groups is 1. The first-order chi connectivity index (χ1) is 8.06. The number of rotatable bonds is 3. The highest BCUT2D eigenvalue weighted by atomic mass is 19.1. The van der Waals surface area contributed by atoms with Crippen molar-refractivity contribution < 1.29 is 14.3 Å². The van der Waals surface area contributed by atoms with Crippen molar-refractivity contribution in [3.63, 3.8) is 0 Å². The molecule has 1 aromatic carbocycles. The average Bonchev–Trinajstić information content (AvgIpc) is 2.59. The van der Waals surface area contributed by atoms with Gasteiger partial charge in [-0.3, -0.25) is 9.48 Å². The van der Waals surface area contributed by atoms with Crippen LogP contribution in [-0.2, 0) is 18.3 Å². The molecule has 1 N–H and O–H groups in total. The standard InChI is InChI=1S/C12H11FN2O2/c1-15-10(7-12(16)17)6-11(14-15)8-3-2-4-9(13)5-8/h2-6H,7H2,1H3,(H,16,17). The number of nitrogens with zero attached hydrogens (tertiary/aromatic N) is 2. The zero-order valence-corrected chi connectivity index (χ0v) is 9.22. The number of carboxylic acids is 1. The van der Waals surface area contributed by atoms with Gasteiger partial charge in [0.15, 0.2) is 0 Å². The Labute approximate surface area is 97.3 Å². The van der Waals surface area contributed by atoms with Gasteiger partial charge in [0, 0.05) is 18.3 Å². The van der Waals surface area contributed by atoms with Gasteiger partial charge in [0.25, 0.3) is 0 Å². The van der Waals surface area contributed by atoms with Gasteiger partial charge in [0.1, 0.15) is 5.82 Å². The van der Waals surface area contributed by atoms with Crippen molar-refractivity contribution in [2.45, 2.75) is 6.42 Å². The summed E-state index contributed by atoms with van der Waals surface area (Å²) in [6.45, 7) is 0. The molecule has 0 fully saturated rings. The first-order valence-corrected chi connectivity index (χ1v) is 5.07. The van der Waals surface area contributed by atoms with Crippen LogP contribution in [0.3, 0.4) is 0 Å². The molecule has 0 saturated carbocycles. The third-order valence-corrected chi connectivity index (χ3v) is 2.43. The van der Waals surface area contributed by atoms with Crippen LogP contribution in [0.25, 0.3) is 11.3 Å². The molecule has 2 rings (SSSR count). The molecule has 1 aromatic heterocycles. The van der Waals surface area contributed by atoms with E-state index in [0.29, 0.717) is 17.0 Å². The summed E-state index contributed by atoms with van der Waals surface area (Å²) >= 11 is 0. The van der Waals surface area contributed by atoms with Gasteiger partial charge in [-0.1, -0.05) is 12.1 Å². The Morgan fingerprint density at radius 2 is 2.24 bits per heavy atom. The maximum absolute atomic E-state index is 13.0. The molecule has 2 aromatic rings. The fraction of sp³-hybridized carbons (Fsp3) is 0.167. The number of aryl methyl sites for hydroxylation is 1. The fourth-order valence-corrected chi connectivity index (χ4v) is 1.62. The average molecular weight is 234 g/mol. The van der Waals surface area contributed by atoms with Crippen LogP contribution >= 0.6 is 0 Å². The van der Waals surface area contributed by atoms with E-state index in [0.717, 1.165) is 0 Å². The van der Waals surface area contributed by atoms with Gasteiger partial charge in [-0.2, -0.15) is 5.10 Å². The molecule has 5 heteroatoms. The number of aliphatic carboxylic acids is 1. The molecule has 1 heterocycles. The highest BCUT2D eigenvalue weighted by Gasteiger charge is 2.10. The lowest BCUT2D eigenvalue weighted by molar-refractivity contribution is -0.136. The van der Waals surface area contributed by atoms with E-state index in [1.54, 1.807) is 25.2 Å². The van der Waals surface area contributed by atoms with Crippen LogP contribution in [0.4, 0.5) is 4.39 Å². The van der Waals surface area contributed by atoms with E-state index in [9.17, 15) is 9.18 Å². The van der Waals surface area contributed by atoms with E-state index in [2.05, 4.69) is 5.10 Å². The highest BCUT2D eigenvalue weighted by molar-refractivity contribution is 5.70. The maximum atomic E-state index is 13.0. The van der Waals surface area contributed by atoms with Gasteiger partial charge in [0.05, 0.1) is 12.1 Å². The normalized spacial score (nSPS) is 10.5. The molecule has 17 heavy (non-hydrogen) atoms. The lowest BCUT2D eigenvalue weighted by Gasteiger charge is -1.95. The van der Waals surface area contributed by atoms with Crippen LogP contribution in [0.5, 0.6) is 0 Å². The Hall–Kier alpha value is -2.17. The van der Waals surface area contributed by atoms with Gasteiger partial charge < -0.3 is 5.11 Å². The Kier molecular flexibility index (Phi) is 2.91. The maximum Gasteiger partial charge on any atom is 0.309 e. The summed E-state index contributed by atoms with van der Waals surface area (Å²) in [5.41, 5.74) is 1.79. The first kappa shape index (κ1) is 11.3. The predicted octanol–water partition coefficient (Wildman–Crippen LogP) is 1.85. The third-order valence-electron chi connectivity index (χ3n) is 2.43. The van der Waals surface area contributed by atoms with Gasteiger partial charge in [-0.05, 0) is 18.2 Å². The Morgan fingerprint density at radius 3 is 2.88 bits per heavy atom. The number of hydrogen-bond acceptors (Lipinski definition) is 2. The van der Waals surface area contributed by atoms with E-state index in [1.165, 1.54) is 16.8 Å². The second-order valence-electron chi connectivity index (χ2n) is 3.73. The summed E-state index contributed by atoms with van der Waals surface area (Å²) in [6.07, 6.45) is -0.0984. The molecular formula is C12H11FN2O2. The molecule has 0 saturated heterocycles. The van der Waals surface area contributed by atoms with E-state index >= 15 is 0 Å². The van der Waals surface area contributed by atoms with Crippen LogP contribution < -0.4 is 0 Å². The quantitative estimate of drug-likeness (QED) is 0.881. The zero-order chi connectivity index (χ0) is 12.4. The predicted molar refractivity (Wildman–Crippen MR) is 59.9 cm³/mol. The Balaban J connectivity index is 2.37. The molecule has 0 aliphatic carbocycles. The highest BCUT2D eigenvalue weighted by Crippen LogP contribution is 2.19. The van der Waals surface area contributed by atoms with Gasteiger partial charge in [0.2, 0.25) is 0 Å². The lowest BCUT2D eigenvalue weighted by Crippen LogP contribution is -2.05. The van der Waals surface area contributed by atoms with E-state index in [1.807, 2.05) is 0 Å². The van der Waals surface area contributed by atoms with Crippen molar-refractivity contribution in [3.8, 4) is 11.3 Å². The van der Waals surface area contributed by atoms with Gasteiger partial charge in [-0.25, -0.2) is 4.39 Å². The van der Waals surface area contributed by atoms with Crippen LogP contribution in [0, 0.1) is 5.82 Å². The number of carboxylic acid groups (broad SMARTS) is 1. The van der Waals surface area contributed by atoms with Gasteiger partial charge in [-0.15, -0.1) is 0 Å². The molecule has 0 aliphatic rings. The van der Waals surface area contributed by atoms with Gasteiger partial charge >= 0.3 is 5.97 Å². The molecule has 0 amide bonds. The minimum Gasteiger partial charge on any atom is -0.481 e. The number of hydrogen-bond donors (Lipinski definition) is 1. The van der Waals surface area contributed by atoms with Crippen molar-refractivity contribution in [3.05, 3.63) is 41.8 Å². The molecule has 0 bridgehead atoms. The molecule has 0 aliphatic heterocycles. The number of benzene rings is 1. The van der Waals surface area contributed by atoms with Crippen molar-refractivity contribution in [1.82, 2.24) is 9.78 Å². The third kappa shape index (κ3) is 2.50. The summed E-state index contributed by atoms with van der Waals surface area (Å²) < 4.78 is 14.5. The summed E-state index contributed by atoms with van der Waals surface area (Å²) in [7, 11) is 1.67. The van der Waals surface area contributed by atoms with E-state index in [4.69, 9.17) is 5.11 Å². The minimum atomic E-state index is -0.918. The first-order valence-electron chi connectivity index (χ1n) is 5.07. The summed E-state index contributed by atoms with van der Waals surface area (Å²) in [5.74, 6) is -1.26. The molecule has 88 valence electrons. The second kappa shape index (κ2) is 4.37. The fourth-order valence-electron chi connectivity index (χ4n) is 1.62. The van der Waals surface area contributed by atoms with Crippen molar-refractivity contribution in [2.75, 3.05) is 0 Å². The molecular weight excluding hydrogens is 223 g/mol. The topological polar surface area (TPSA) is 55.1 Å². The minimum absolute atomic E-state index is 0.0984. The monoisotopic (exact) mass is 234 g/mol. The lowest BCUT2D eigenvalue weighted by atomic mass is 10.1. The van der Waals surface area contributed by atoms with Crippen LogP contribution in [0.1, 0.15) is 5.69 Å². The summed E-state index contributed by atoms with van der Waals surface area (Å²) in [6, 6.07) is 7.70. The molecule has 4 nitrogen and oxygen atoms in total. The summed E-state index contributed by atoms with van der Waals surface area (Å²) in [5, 5.41) is 12.9. The van der Waals surface area contributed by atoms with Crippen LogP contribution in [0.2, 0.25) is 0 Å². The molecule has 0 spiro atoms. The number of halogens is 1. The molecule has 0 unspecified atom stereocenters. The number of aromatic nitrogens is 2. The smallest absolute Gasteiger partial charge is 0.309 e. The van der Waals surface area contributed by atoms with E-state index < -0.39 is 5.97 Å². The SMILES string of the molecule is Cn1nc(-c2cccc(F)c2)cc1CC(=O)O. The van der Waals surface area contributed by atoms with Crippen LogP contribution in [0.15, 0.2) is 30.3 Å². The largest absolute Gasteiger partial charge is 0.481 e. The zero-order valence-electron chi connectivity index (χ0n) is 9.22. The van der Waals surface area contributed by atoms with Crippen molar-refractivity contribution in [1.29, 1.82) is 0 Å². The Morgan fingerprint density at radius 1 is 1.47 bits per heavy atom. The van der Waals surface area contributed by atoms with Crippen LogP contribution in [-0.4, -0.2) is 20.9 Å².